The Bertz CT molecular complexity index is 987. The second kappa shape index (κ2) is 7.19. The number of hydrogen-bond donors (Lipinski definition) is 1. The van der Waals surface area contributed by atoms with Gasteiger partial charge in [0.2, 0.25) is 0 Å². The molecular weight excluding hydrogens is 354 g/mol. The highest BCUT2D eigenvalue weighted by molar-refractivity contribution is 5.89. The van der Waals surface area contributed by atoms with Crippen LogP contribution in [0.15, 0.2) is 47.2 Å². The molecule has 0 saturated heterocycles. The summed E-state index contributed by atoms with van der Waals surface area (Å²) in [4.78, 5) is 13.8. The second-order valence-corrected chi connectivity index (χ2v) is 7.01. The summed E-state index contributed by atoms with van der Waals surface area (Å²) in [6.07, 6.45) is 1.94. The second-order valence-electron chi connectivity index (χ2n) is 7.01. The van der Waals surface area contributed by atoms with Gasteiger partial charge in [-0.1, -0.05) is 18.2 Å². The minimum Gasteiger partial charge on any atom is -0.465 e. The molecule has 3 rings (SSSR count). The van der Waals surface area contributed by atoms with Gasteiger partial charge in [0.15, 0.2) is 5.41 Å². The number of nitrogens with two attached hydrogens (primary N) is 1. The molecule has 2 aliphatic rings. The van der Waals surface area contributed by atoms with E-state index >= 15 is 0 Å². The van der Waals surface area contributed by atoms with Gasteiger partial charge in [-0.15, -0.1) is 0 Å². The molecule has 1 aliphatic carbocycles. The van der Waals surface area contributed by atoms with Crippen molar-refractivity contribution >= 4 is 5.97 Å². The lowest BCUT2D eigenvalue weighted by molar-refractivity contribution is 0.0600. The quantitative estimate of drug-likeness (QED) is 0.783. The standard InChI is InChI=1S/C21H19N5O2/c1-26-8-7-15-16(9-22)19(25)21(11-23,12-24)18(17(15)10-26)13-3-5-14(6-4-13)20(27)28-2/h3-7,17-18H,8,10,25H2,1-2H3. The number of esters is 1. The Labute approximate surface area is 163 Å². The average molecular weight is 373 g/mol. The fourth-order valence-electron chi connectivity index (χ4n) is 4.14. The average Bonchev–Trinajstić information content (AvgIpc) is 2.73. The predicted octanol–water partition coefficient (Wildman–Crippen LogP) is 1.83. The molecule has 2 N–H and O–H groups in total. The number of carbonyl (C=O) groups excluding carboxylic acids is 1. The van der Waals surface area contributed by atoms with Crippen molar-refractivity contribution < 1.29 is 9.53 Å². The molecule has 7 heteroatoms. The van der Waals surface area contributed by atoms with Crippen molar-refractivity contribution in [3.8, 4) is 18.2 Å². The van der Waals surface area contributed by atoms with E-state index < -0.39 is 17.3 Å². The van der Waals surface area contributed by atoms with Gasteiger partial charge in [0, 0.05) is 24.9 Å². The van der Waals surface area contributed by atoms with Gasteiger partial charge >= 0.3 is 5.97 Å². The molecule has 0 bridgehead atoms. The van der Waals surface area contributed by atoms with Crippen molar-refractivity contribution in [2.45, 2.75) is 5.92 Å². The fourth-order valence-corrected chi connectivity index (χ4v) is 4.14. The fraction of sp³-hybridized carbons (Fsp3) is 0.333. The molecule has 0 radical (unpaired) electrons. The molecule has 0 spiro atoms. The number of rotatable bonds is 2. The molecular formula is C21H19N5O2. The van der Waals surface area contributed by atoms with E-state index in [1.165, 1.54) is 7.11 Å². The van der Waals surface area contributed by atoms with Crippen molar-refractivity contribution in [1.82, 2.24) is 4.90 Å². The highest BCUT2D eigenvalue weighted by atomic mass is 16.5. The number of carbonyl (C=O) groups is 1. The number of fused-ring (bicyclic) bond motifs is 1. The van der Waals surface area contributed by atoms with Crippen LogP contribution in [0.4, 0.5) is 0 Å². The molecule has 7 nitrogen and oxygen atoms in total. The molecule has 0 fully saturated rings. The number of methoxy groups -OCH3 is 1. The first-order valence-electron chi connectivity index (χ1n) is 8.73. The summed E-state index contributed by atoms with van der Waals surface area (Å²) < 4.78 is 4.73. The number of benzene rings is 1. The summed E-state index contributed by atoms with van der Waals surface area (Å²) in [7, 11) is 3.25. The minimum atomic E-state index is -1.67. The summed E-state index contributed by atoms with van der Waals surface area (Å²) in [6.45, 7) is 1.24. The van der Waals surface area contributed by atoms with Crippen LogP contribution in [0, 0.1) is 45.3 Å². The molecule has 0 amide bonds. The zero-order chi connectivity index (χ0) is 20.5. The van der Waals surface area contributed by atoms with Crippen molar-refractivity contribution in [2.24, 2.45) is 17.1 Å². The van der Waals surface area contributed by atoms with Crippen molar-refractivity contribution in [2.75, 3.05) is 27.2 Å². The topological polar surface area (TPSA) is 127 Å². The van der Waals surface area contributed by atoms with Gasteiger partial charge in [-0.2, -0.15) is 15.8 Å². The zero-order valence-corrected chi connectivity index (χ0v) is 15.6. The van der Waals surface area contributed by atoms with Gasteiger partial charge in [0.1, 0.15) is 6.07 Å². The van der Waals surface area contributed by atoms with Gasteiger partial charge in [-0.3, -0.25) is 0 Å². The first-order chi connectivity index (χ1) is 13.4. The van der Waals surface area contributed by atoms with E-state index in [2.05, 4.69) is 23.1 Å². The Morgan fingerprint density at radius 2 is 1.89 bits per heavy atom. The number of nitrogens with zero attached hydrogens (tertiary/aromatic N) is 4. The number of ether oxygens (including phenoxy) is 1. The third kappa shape index (κ3) is 2.72. The van der Waals surface area contributed by atoms with Gasteiger partial charge in [-0.05, 0) is 30.3 Å². The minimum absolute atomic E-state index is 0.00547. The molecule has 1 aromatic rings. The summed E-state index contributed by atoms with van der Waals surface area (Å²) in [5.74, 6) is -1.28. The van der Waals surface area contributed by atoms with E-state index in [0.717, 1.165) is 5.57 Å². The lowest BCUT2D eigenvalue weighted by Gasteiger charge is -2.45. The Hall–Kier alpha value is -3.60. The smallest absolute Gasteiger partial charge is 0.337 e. The zero-order valence-electron chi connectivity index (χ0n) is 15.6. The van der Waals surface area contributed by atoms with Crippen LogP contribution in [0.1, 0.15) is 21.8 Å². The maximum absolute atomic E-state index is 11.7. The number of nitriles is 3. The summed E-state index contributed by atoms with van der Waals surface area (Å²) in [5.41, 5.74) is 6.66. The lowest BCUT2D eigenvalue weighted by atomic mass is 9.58. The number of allylic oxidation sites excluding steroid dienone is 2. The van der Waals surface area contributed by atoms with Crippen LogP contribution in [-0.4, -0.2) is 38.1 Å². The molecule has 1 aliphatic heterocycles. The molecule has 140 valence electrons. The van der Waals surface area contributed by atoms with Crippen LogP contribution >= 0.6 is 0 Å². The highest BCUT2D eigenvalue weighted by Gasteiger charge is 2.54. The Morgan fingerprint density at radius 1 is 1.25 bits per heavy atom. The van der Waals surface area contributed by atoms with E-state index in [1.54, 1.807) is 24.3 Å². The number of hydrogen-bond acceptors (Lipinski definition) is 7. The SMILES string of the molecule is COC(=O)c1ccc(C2C3CN(C)CC=C3C(C#N)=C(N)C2(C#N)C#N)cc1. The van der Waals surface area contributed by atoms with Gasteiger partial charge in [-0.25, -0.2) is 4.79 Å². The van der Waals surface area contributed by atoms with Gasteiger partial charge < -0.3 is 15.4 Å². The first kappa shape index (κ1) is 19.2. The van der Waals surface area contributed by atoms with Crippen LogP contribution in [0.5, 0.6) is 0 Å². The third-order valence-electron chi connectivity index (χ3n) is 5.54. The molecule has 0 saturated carbocycles. The van der Waals surface area contributed by atoms with Crippen molar-refractivity contribution in [1.29, 1.82) is 15.8 Å². The monoisotopic (exact) mass is 373 g/mol. The van der Waals surface area contributed by atoms with Crippen molar-refractivity contribution in [3.63, 3.8) is 0 Å². The number of likely N-dealkylation sites (N-methyl/N-ethyl adjacent to an activating group) is 1. The van der Waals surface area contributed by atoms with Crippen LogP contribution in [-0.2, 0) is 4.74 Å². The largest absolute Gasteiger partial charge is 0.465 e. The summed E-state index contributed by atoms with van der Waals surface area (Å²) >= 11 is 0. The molecule has 1 aromatic carbocycles. The van der Waals surface area contributed by atoms with Crippen LogP contribution in [0.2, 0.25) is 0 Å². The van der Waals surface area contributed by atoms with E-state index in [4.69, 9.17) is 10.5 Å². The van der Waals surface area contributed by atoms with E-state index in [9.17, 15) is 20.6 Å². The van der Waals surface area contributed by atoms with Crippen LogP contribution < -0.4 is 5.73 Å². The molecule has 28 heavy (non-hydrogen) atoms. The first-order valence-corrected chi connectivity index (χ1v) is 8.73. The molecule has 0 aromatic heterocycles. The molecule has 2 unspecified atom stereocenters. The Morgan fingerprint density at radius 3 is 2.43 bits per heavy atom. The van der Waals surface area contributed by atoms with E-state index in [-0.39, 0.29) is 17.2 Å². The van der Waals surface area contributed by atoms with Gasteiger partial charge in [0.05, 0.1) is 36.1 Å². The predicted molar refractivity (Wildman–Crippen MR) is 100 cm³/mol. The Kier molecular flexibility index (Phi) is 4.92. The van der Waals surface area contributed by atoms with E-state index in [1.807, 2.05) is 13.1 Å². The molecule has 1 heterocycles. The summed E-state index contributed by atoms with van der Waals surface area (Å²) in [6, 6.07) is 12.9. The maximum Gasteiger partial charge on any atom is 0.337 e. The highest BCUT2D eigenvalue weighted by Crippen LogP contribution is 2.53. The van der Waals surface area contributed by atoms with Crippen LogP contribution in [0.25, 0.3) is 0 Å². The summed E-state index contributed by atoms with van der Waals surface area (Å²) in [5, 5.41) is 29.6. The lowest BCUT2D eigenvalue weighted by Crippen LogP contribution is -2.47. The normalized spacial score (nSPS) is 23.5. The van der Waals surface area contributed by atoms with E-state index in [0.29, 0.717) is 24.2 Å². The Balaban J connectivity index is 2.24. The maximum atomic E-state index is 11.7. The van der Waals surface area contributed by atoms with Gasteiger partial charge in [0.25, 0.3) is 0 Å². The molecule has 2 atom stereocenters. The van der Waals surface area contributed by atoms with Crippen molar-refractivity contribution in [3.05, 3.63) is 58.3 Å². The van der Waals surface area contributed by atoms with Crippen LogP contribution in [0.3, 0.4) is 0 Å². The third-order valence-corrected chi connectivity index (χ3v) is 5.54.